The van der Waals surface area contributed by atoms with Crippen LogP contribution >= 0.6 is 0 Å². The number of terminal acetylenes is 1. The topological polar surface area (TPSA) is 61.4 Å². The third-order valence-electron chi connectivity index (χ3n) is 4.60. The van der Waals surface area contributed by atoms with Crippen LogP contribution in [0.1, 0.15) is 6.92 Å². The Morgan fingerprint density at radius 3 is 2.65 bits per heavy atom. The second kappa shape index (κ2) is 8.45. The Bertz CT molecular complexity index is 778. The molecule has 1 atom stereocenters. The molecule has 1 aromatic heterocycles. The molecule has 0 spiro atoms. The van der Waals surface area contributed by atoms with Crippen molar-refractivity contribution in [3.63, 3.8) is 0 Å². The summed E-state index contributed by atoms with van der Waals surface area (Å²) in [6.45, 7) is 5.42. The third-order valence-corrected chi connectivity index (χ3v) is 4.60. The summed E-state index contributed by atoms with van der Waals surface area (Å²) in [4.78, 5) is 25.6. The molecular weight excluding hydrogens is 326 g/mol. The van der Waals surface area contributed by atoms with Gasteiger partial charge in [0.05, 0.1) is 12.6 Å². The van der Waals surface area contributed by atoms with Crippen LogP contribution in [0.4, 0.5) is 5.82 Å². The van der Waals surface area contributed by atoms with E-state index in [9.17, 15) is 4.79 Å². The molecule has 0 unspecified atom stereocenters. The number of rotatable bonds is 5. The van der Waals surface area contributed by atoms with Crippen molar-refractivity contribution in [3.05, 3.63) is 42.6 Å². The van der Waals surface area contributed by atoms with E-state index in [-0.39, 0.29) is 18.5 Å². The zero-order valence-electron chi connectivity index (χ0n) is 14.9. The molecule has 1 N–H and O–H groups in total. The molecule has 0 bridgehead atoms. The Morgan fingerprint density at radius 2 is 1.96 bits per heavy atom. The highest BCUT2D eigenvalue weighted by Crippen LogP contribution is 2.19. The second-order valence-corrected chi connectivity index (χ2v) is 6.23. The maximum atomic E-state index is 12.1. The molecule has 6 heteroatoms. The highest BCUT2D eigenvalue weighted by Gasteiger charge is 2.25. The third kappa shape index (κ3) is 4.19. The van der Waals surface area contributed by atoms with E-state index >= 15 is 0 Å². The van der Waals surface area contributed by atoms with Gasteiger partial charge in [-0.1, -0.05) is 36.3 Å². The Hall–Kier alpha value is -2.91. The van der Waals surface area contributed by atoms with Gasteiger partial charge in [0.25, 0.3) is 0 Å². The van der Waals surface area contributed by atoms with E-state index in [1.807, 2.05) is 43.3 Å². The summed E-state index contributed by atoms with van der Waals surface area (Å²) in [5.41, 5.74) is 1.01. The van der Waals surface area contributed by atoms with Crippen molar-refractivity contribution < 1.29 is 4.79 Å². The predicted octanol–water partition coefficient (Wildman–Crippen LogP) is 1.40. The molecule has 0 radical (unpaired) electrons. The van der Waals surface area contributed by atoms with Crippen LogP contribution in [0.25, 0.3) is 11.4 Å². The summed E-state index contributed by atoms with van der Waals surface area (Å²) in [5.74, 6) is 4.06. The molecule has 1 aliphatic rings. The number of hydrogen-bond acceptors (Lipinski definition) is 5. The second-order valence-electron chi connectivity index (χ2n) is 6.23. The summed E-state index contributed by atoms with van der Waals surface area (Å²) in [7, 11) is 0. The van der Waals surface area contributed by atoms with Gasteiger partial charge in [0.15, 0.2) is 5.82 Å². The Balaban J connectivity index is 1.62. The number of benzene rings is 1. The smallest absolute Gasteiger partial charge is 0.237 e. The molecule has 1 fully saturated rings. The lowest BCUT2D eigenvalue weighted by molar-refractivity contribution is -0.125. The van der Waals surface area contributed by atoms with Crippen LogP contribution in [0.5, 0.6) is 0 Å². The van der Waals surface area contributed by atoms with Crippen LogP contribution in [-0.2, 0) is 4.79 Å². The molecule has 2 heterocycles. The zero-order chi connectivity index (χ0) is 18.4. The van der Waals surface area contributed by atoms with Gasteiger partial charge in [-0.25, -0.2) is 9.97 Å². The first-order chi connectivity index (χ1) is 12.7. The number of aromatic nitrogens is 2. The van der Waals surface area contributed by atoms with Gasteiger partial charge in [0, 0.05) is 37.9 Å². The molecule has 26 heavy (non-hydrogen) atoms. The summed E-state index contributed by atoms with van der Waals surface area (Å²) in [6.07, 6.45) is 6.99. The lowest BCUT2D eigenvalue weighted by Crippen LogP contribution is -2.54. The van der Waals surface area contributed by atoms with Crippen molar-refractivity contribution in [2.24, 2.45) is 0 Å². The first-order valence-electron chi connectivity index (χ1n) is 8.77. The number of hydrogen-bond donors (Lipinski definition) is 1. The molecule has 1 aliphatic heterocycles. The zero-order valence-corrected chi connectivity index (χ0v) is 14.9. The summed E-state index contributed by atoms with van der Waals surface area (Å²) in [6, 6.07) is 11.7. The summed E-state index contributed by atoms with van der Waals surface area (Å²) in [5, 5.41) is 2.75. The van der Waals surface area contributed by atoms with E-state index in [0.717, 1.165) is 43.4 Å². The highest BCUT2D eigenvalue weighted by atomic mass is 16.2. The van der Waals surface area contributed by atoms with Crippen molar-refractivity contribution in [3.8, 4) is 23.7 Å². The highest BCUT2D eigenvalue weighted by molar-refractivity contribution is 5.81. The van der Waals surface area contributed by atoms with Gasteiger partial charge in [0.1, 0.15) is 5.82 Å². The van der Waals surface area contributed by atoms with Crippen LogP contribution in [0, 0.1) is 12.3 Å². The summed E-state index contributed by atoms with van der Waals surface area (Å²) < 4.78 is 0. The van der Waals surface area contributed by atoms with Gasteiger partial charge < -0.3 is 10.2 Å². The van der Waals surface area contributed by atoms with Gasteiger partial charge >= 0.3 is 0 Å². The fourth-order valence-electron chi connectivity index (χ4n) is 3.04. The fourth-order valence-corrected chi connectivity index (χ4v) is 3.04. The number of amides is 1. The van der Waals surface area contributed by atoms with Crippen LogP contribution in [0.15, 0.2) is 42.6 Å². The molecule has 6 nitrogen and oxygen atoms in total. The van der Waals surface area contributed by atoms with Gasteiger partial charge in [-0.15, -0.1) is 6.42 Å². The predicted molar refractivity (Wildman–Crippen MR) is 103 cm³/mol. The molecule has 0 saturated carbocycles. The first-order valence-corrected chi connectivity index (χ1v) is 8.77. The molecule has 3 rings (SSSR count). The van der Waals surface area contributed by atoms with E-state index in [4.69, 9.17) is 11.4 Å². The quantitative estimate of drug-likeness (QED) is 0.827. The first kappa shape index (κ1) is 17.9. The molecule has 1 aromatic carbocycles. The van der Waals surface area contributed by atoms with E-state index in [1.165, 1.54) is 0 Å². The largest absolute Gasteiger partial charge is 0.354 e. The average molecular weight is 349 g/mol. The van der Waals surface area contributed by atoms with Crippen molar-refractivity contribution >= 4 is 11.7 Å². The van der Waals surface area contributed by atoms with E-state index in [1.54, 1.807) is 6.20 Å². The molecule has 2 aromatic rings. The normalized spacial score (nSPS) is 15.9. The van der Waals surface area contributed by atoms with Crippen molar-refractivity contribution in [1.29, 1.82) is 0 Å². The number of nitrogens with one attached hydrogen (secondary N) is 1. The number of nitrogens with zero attached hydrogens (tertiary/aromatic N) is 4. The number of carbonyl (C=O) groups is 1. The molecule has 1 amide bonds. The molecule has 134 valence electrons. The van der Waals surface area contributed by atoms with Gasteiger partial charge in [-0.05, 0) is 13.0 Å². The monoisotopic (exact) mass is 349 g/mol. The van der Waals surface area contributed by atoms with E-state index in [2.05, 4.69) is 26.0 Å². The lowest BCUT2D eigenvalue weighted by atomic mass is 10.2. The maximum absolute atomic E-state index is 12.1. The molecular formula is C20H23N5O. The minimum absolute atomic E-state index is 0.0233. The number of anilines is 1. The number of piperazine rings is 1. The van der Waals surface area contributed by atoms with Crippen LogP contribution in [0.3, 0.4) is 0 Å². The minimum atomic E-state index is -0.184. The minimum Gasteiger partial charge on any atom is -0.354 e. The Labute approximate surface area is 154 Å². The summed E-state index contributed by atoms with van der Waals surface area (Å²) >= 11 is 0. The van der Waals surface area contributed by atoms with Crippen LogP contribution < -0.4 is 10.2 Å². The van der Waals surface area contributed by atoms with Crippen LogP contribution in [-0.4, -0.2) is 59.5 Å². The van der Waals surface area contributed by atoms with Crippen LogP contribution in [0.2, 0.25) is 0 Å². The number of carbonyl (C=O) groups excluding carboxylic acids is 1. The van der Waals surface area contributed by atoms with Gasteiger partial charge in [0.2, 0.25) is 5.91 Å². The average Bonchev–Trinajstić information content (AvgIpc) is 2.72. The van der Waals surface area contributed by atoms with E-state index < -0.39 is 0 Å². The molecule has 1 saturated heterocycles. The van der Waals surface area contributed by atoms with Crippen molar-refractivity contribution in [1.82, 2.24) is 20.2 Å². The van der Waals surface area contributed by atoms with Crippen molar-refractivity contribution in [2.75, 3.05) is 37.6 Å². The maximum Gasteiger partial charge on any atom is 0.237 e. The van der Waals surface area contributed by atoms with E-state index in [0.29, 0.717) is 0 Å². The SMILES string of the molecule is C#CCNC(=O)[C@H](C)N1CCN(c2ccnc(-c3ccccc3)n2)CC1. The standard InChI is InChI=1S/C20H23N5O/c1-3-10-22-20(26)16(2)24-12-14-25(15-13-24)18-9-11-21-19(23-18)17-7-5-4-6-8-17/h1,4-9,11,16H,10,12-15H2,2H3,(H,22,26)/t16-/m0/s1. The Morgan fingerprint density at radius 1 is 1.23 bits per heavy atom. The molecule has 0 aliphatic carbocycles. The van der Waals surface area contributed by atoms with Crippen molar-refractivity contribution in [2.45, 2.75) is 13.0 Å². The fraction of sp³-hybridized carbons (Fsp3) is 0.350. The van der Waals surface area contributed by atoms with Gasteiger partial charge in [-0.2, -0.15) is 0 Å². The van der Waals surface area contributed by atoms with Gasteiger partial charge in [-0.3, -0.25) is 9.69 Å². The lowest BCUT2D eigenvalue weighted by Gasteiger charge is -2.37. The Kier molecular flexibility index (Phi) is 5.82.